The summed E-state index contributed by atoms with van der Waals surface area (Å²) in [6.45, 7) is 4.49. The molecule has 1 atom stereocenters. The van der Waals surface area contributed by atoms with Gasteiger partial charge >= 0.3 is 0 Å². The van der Waals surface area contributed by atoms with Gasteiger partial charge in [-0.1, -0.05) is 31.5 Å². The molecular formula is C16H21BrClFO. The highest BCUT2D eigenvalue weighted by Crippen LogP contribution is 2.41. The van der Waals surface area contributed by atoms with Gasteiger partial charge in [0.2, 0.25) is 0 Å². The Balaban J connectivity index is 2.09. The highest BCUT2D eigenvalue weighted by atomic mass is 79.9. The minimum atomic E-state index is -0.756. The van der Waals surface area contributed by atoms with Crippen LogP contribution in [0.4, 0.5) is 4.39 Å². The van der Waals surface area contributed by atoms with Crippen LogP contribution in [-0.4, -0.2) is 5.11 Å². The van der Waals surface area contributed by atoms with Crippen LogP contribution < -0.4 is 0 Å². The largest absolute Gasteiger partial charge is 0.388 e. The lowest BCUT2D eigenvalue weighted by Crippen LogP contribution is -2.23. The first-order valence-electron chi connectivity index (χ1n) is 7.23. The van der Waals surface area contributed by atoms with E-state index in [2.05, 4.69) is 29.8 Å². The Labute approximate surface area is 133 Å². The van der Waals surface area contributed by atoms with Crippen LogP contribution >= 0.6 is 27.5 Å². The molecular weight excluding hydrogens is 343 g/mol. The number of hydrogen-bond acceptors (Lipinski definition) is 1. The van der Waals surface area contributed by atoms with E-state index in [1.165, 1.54) is 0 Å². The fourth-order valence-electron chi connectivity index (χ4n) is 3.15. The topological polar surface area (TPSA) is 20.2 Å². The Morgan fingerprint density at radius 1 is 1.20 bits per heavy atom. The normalized spacial score (nSPS) is 24.9. The van der Waals surface area contributed by atoms with E-state index in [9.17, 15) is 9.50 Å². The Bertz CT molecular complexity index is 470. The van der Waals surface area contributed by atoms with Crippen molar-refractivity contribution < 1.29 is 9.50 Å². The molecule has 0 saturated heterocycles. The minimum absolute atomic E-state index is 0.0532. The van der Waals surface area contributed by atoms with Gasteiger partial charge in [-0.05, 0) is 65.4 Å². The average Bonchev–Trinajstić information content (AvgIpc) is 2.44. The highest BCUT2D eigenvalue weighted by molar-refractivity contribution is 9.10. The molecule has 0 radical (unpaired) electrons. The van der Waals surface area contributed by atoms with E-state index in [-0.39, 0.29) is 10.9 Å². The Morgan fingerprint density at radius 2 is 1.75 bits per heavy atom. The van der Waals surface area contributed by atoms with Crippen LogP contribution in [0, 0.1) is 23.6 Å². The molecule has 112 valence electrons. The van der Waals surface area contributed by atoms with E-state index in [1.54, 1.807) is 12.1 Å². The van der Waals surface area contributed by atoms with E-state index in [4.69, 9.17) is 11.6 Å². The van der Waals surface area contributed by atoms with E-state index in [1.807, 2.05) is 0 Å². The summed E-state index contributed by atoms with van der Waals surface area (Å²) >= 11 is 9.09. The molecule has 0 amide bonds. The van der Waals surface area contributed by atoms with Crippen LogP contribution in [0.3, 0.4) is 0 Å². The highest BCUT2D eigenvalue weighted by Gasteiger charge is 2.30. The summed E-state index contributed by atoms with van der Waals surface area (Å²) in [5.74, 6) is 1.06. The van der Waals surface area contributed by atoms with Crippen LogP contribution in [0.5, 0.6) is 0 Å². The number of rotatable bonds is 3. The van der Waals surface area contributed by atoms with Crippen LogP contribution in [0.1, 0.15) is 51.2 Å². The quantitative estimate of drug-likeness (QED) is 0.679. The van der Waals surface area contributed by atoms with E-state index < -0.39 is 11.9 Å². The predicted molar refractivity (Wildman–Crippen MR) is 84.4 cm³/mol. The lowest BCUT2D eigenvalue weighted by atomic mass is 9.74. The van der Waals surface area contributed by atoms with Crippen molar-refractivity contribution in [1.82, 2.24) is 0 Å². The first-order chi connectivity index (χ1) is 9.41. The van der Waals surface area contributed by atoms with Gasteiger partial charge in [-0.3, -0.25) is 0 Å². The first-order valence-corrected chi connectivity index (χ1v) is 8.40. The van der Waals surface area contributed by atoms with E-state index >= 15 is 0 Å². The molecule has 0 spiro atoms. The smallest absolute Gasteiger partial charge is 0.148 e. The van der Waals surface area contributed by atoms with Gasteiger partial charge < -0.3 is 5.11 Å². The molecule has 0 aliphatic heterocycles. The van der Waals surface area contributed by atoms with Crippen molar-refractivity contribution in [2.75, 3.05) is 0 Å². The molecule has 1 unspecified atom stereocenters. The van der Waals surface area contributed by atoms with Crippen molar-refractivity contribution >= 4 is 27.5 Å². The molecule has 1 aliphatic rings. The molecule has 1 aromatic rings. The lowest BCUT2D eigenvalue weighted by molar-refractivity contribution is 0.0641. The molecule has 1 nitrogen and oxygen atoms in total. The van der Waals surface area contributed by atoms with Gasteiger partial charge in [0.1, 0.15) is 5.82 Å². The zero-order valence-corrected chi connectivity index (χ0v) is 14.2. The maximum Gasteiger partial charge on any atom is 0.148 e. The zero-order valence-electron chi connectivity index (χ0n) is 11.9. The summed E-state index contributed by atoms with van der Waals surface area (Å²) in [4.78, 5) is 0. The molecule has 4 heteroatoms. The molecule has 2 rings (SSSR count). The van der Waals surface area contributed by atoms with Crippen molar-refractivity contribution in [3.05, 3.63) is 33.0 Å². The summed E-state index contributed by atoms with van der Waals surface area (Å²) in [5.41, 5.74) is 0.325. The summed E-state index contributed by atoms with van der Waals surface area (Å²) in [7, 11) is 0. The number of aliphatic hydroxyl groups is 1. The number of halogens is 3. The lowest BCUT2D eigenvalue weighted by Gasteiger charge is -2.33. The summed E-state index contributed by atoms with van der Waals surface area (Å²) in [6.07, 6.45) is 3.39. The van der Waals surface area contributed by atoms with E-state index in [0.29, 0.717) is 16.0 Å². The molecule has 1 saturated carbocycles. The van der Waals surface area contributed by atoms with Gasteiger partial charge in [0.05, 0.1) is 11.1 Å². The molecule has 0 heterocycles. The Kier molecular flexibility index (Phi) is 5.49. The molecule has 1 aliphatic carbocycles. The maximum absolute atomic E-state index is 14.2. The van der Waals surface area contributed by atoms with Crippen molar-refractivity contribution in [2.24, 2.45) is 17.8 Å². The predicted octanol–water partition coefficient (Wildman–Crippen LogP) is 5.74. The standard InChI is InChI=1S/C16H21BrClFO/c1-9(2)10-3-5-11(6-4-10)16(20)12-7-8-13(17)14(18)15(12)19/h7-11,16,20H,3-6H2,1-2H3. The fourth-order valence-corrected chi connectivity index (χ4v) is 3.63. The third-order valence-electron chi connectivity index (χ3n) is 4.59. The molecule has 0 aromatic heterocycles. The second-order valence-corrected chi connectivity index (χ2v) is 7.36. The Morgan fingerprint density at radius 3 is 2.30 bits per heavy atom. The maximum atomic E-state index is 14.2. The Hall–Kier alpha value is -0.120. The molecule has 1 N–H and O–H groups in total. The van der Waals surface area contributed by atoms with Gasteiger partial charge in [-0.25, -0.2) is 4.39 Å². The molecule has 1 aromatic carbocycles. The van der Waals surface area contributed by atoms with Gasteiger partial charge in [-0.2, -0.15) is 0 Å². The van der Waals surface area contributed by atoms with Crippen LogP contribution in [0.15, 0.2) is 16.6 Å². The average molecular weight is 364 g/mol. The molecule has 1 fully saturated rings. The van der Waals surface area contributed by atoms with E-state index in [0.717, 1.165) is 31.6 Å². The van der Waals surface area contributed by atoms with Crippen molar-refractivity contribution in [2.45, 2.75) is 45.6 Å². The van der Waals surface area contributed by atoms with Crippen molar-refractivity contribution in [3.8, 4) is 0 Å². The second-order valence-electron chi connectivity index (χ2n) is 6.13. The monoisotopic (exact) mass is 362 g/mol. The van der Waals surface area contributed by atoms with Crippen LogP contribution in [0.25, 0.3) is 0 Å². The number of benzene rings is 1. The van der Waals surface area contributed by atoms with Gasteiger partial charge in [-0.15, -0.1) is 0 Å². The van der Waals surface area contributed by atoms with Crippen molar-refractivity contribution in [3.63, 3.8) is 0 Å². The number of hydrogen-bond donors (Lipinski definition) is 1. The van der Waals surface area contributed by atoms with Gasteiger partial charge in [0.25, 0.3) is 0 Å². The third-order valence-corrected chi connectivity index (χ3v) is 5.85. The molecule has 20 heavy (non-hydrogen) atoms. The first kappa shape index (κ1) is 16.3. The van der Waals surface area contributed by atoms with Gasteiger partial charge in [0.15, 0.2) is 0 Å². The number of aliphatic hydroxyl groups excluding tert-OH is 1. The summed E-state index contributed by atoms with van der Waals surface area (Å²) in [5, 5.41) is 10.5. The summed E-state index contributed by atoms with van der Waals surface area (Å²) < 4.78 is 14.7. The second kappa shape index (κ2) is 6.76. The fraction of sp³-hybridized carbons (Fsp3) is 0.625. The summed E-state index contributed by atoms with van der Waals surface area (Å²) in [6, 6.07) is 3.33. The van der Waals surface area contributed by atoms with Crippen LogP contribution in [0.2, 0.25) is 5.02 Å². The van der Waals surface area contributed by atoms with Crippen molar-refractivity contribution in [1.29, 1.82) is 0 Å². The van der Waals surface area contributed by atoms with Gasteiger partial charge in [0, 0.05) is 10.0 Å². The SMILES string of the molecule is CC(C)C1CCC(C(O)c2ccc(Br)c(Cl)c2F)CC1. The zero-order chi connectivity index (χ0) is 14.9. The third kappa shape index (κ3) is 3.37. The minimum Gasteiger partial charge on any atom is -0.388 e. The van der Waals surface area contributed by atoms with Crippen LogP contribution in [-0.2, 0) is 0 Å². The molecule has 0 bridgehead atoms.